The average molecular weight is 360 g/mol. The first-order valence-corrected chi connectivity index (χ1v) is 8.60. The maximum absolute atomic E-state index is 12.7. The highest BCUT2D eigenvalue weighted by Crippen LogP contribution is 2.37. The number of nitro groups is 1. The smallest absolute Gasteiger partial charge is 0.329 e. The van der Waals surface area contributed by atoms with Crippen molar-refractivity contribution in [2.75, 3.05) is 7.11 Å². The topological polar surface area (TPSA) is 107 Å². The van der Waals surface area contributed by atoms with Crippen LogP contribution in [0.2, 0.25) is 0 Å². The van der Waals surface area contributed by atoms with Crippen LogP contribution in [-0.4, -0.2) is 46.3 Å². The van der Waals surface area contributed by atoms with Crippen LogP contribution < -0.4 is 0 Å². The number of amides is 2. The molecule has 1 aromatic rings. The van der Waals surface area contributed by atoms with Gasteiger partial charge in [-0.05, 0) is 25.0 Å². The van der Waals surface area contributed by atoms with Gasteiger partial charge in [0.2, 0.25) is 5.54 Å². The normalized spacial score (nSPS) is 19.8. The molecule has 1 aliphatic heterocycles. The Balaban J connectivity index is 1.97. The Morgan fingerprint density at radius 1 is 1.19 bits per heavy atom. The van der Waals surface area contributed by atoms with Crippen molar-refractivity contribution >= 4 is 17.8 Å². The maximum Gasteiger partial charge on any atom is 0.329 e. The SMILES string of the molecule is COC(=O)[C@H](CC1([N+](=O)[O-])CCCCC1)N1C(=O)c2ccccc2C1=O. The van der Waals surface area contributed by atoms with Crippen LogP contribution in [0.3, 0.4) is 0 Å². The van der Waals surface area contributed by atoms with Crippen LogP contribution in [0, 0.1) is 10.1 Å². The molecule has 1 aromatic carbocycles. The lowest BCUT2D eigenvalue weighted by Gasteiger charge is -2.33. The van der Waals surface area contributed by atoms with Crippen LogP contribution in [0.4, 0.5) is 0 Å². The van der Waals surface area contributed by atoms with Gasteiger partial charge in [0.15, 0.2) is 0 Å². The molecule has 0 spiro atoms. The predicted octanol–water partition coefficient (Wildman–Crippen LogP) is 2.19. The Bertz CT molecular complexity index is 734. The highest BCUT2D eigenvalue weighted by molar-refractivity contribution is 6.22. The number of rotatable bonds is 5. The number of benzene rings is 1. The maximum atomic E-state index is 12.7. The van der Waals surface area contributed by atoms with Gasteiger partial charge < -0.3 is 4.74 Å². The Morgan fingerprint density at radius 2 is 1.73 bits per heavy atom. The van der Waals surface area contributed by atoms with Gasteiger partial charge in [-0.15, -0.1) is 0 Å². The summed E-state index contributed by atoms with van der Waals surface area (Å²) in [6, 6.07) is 4.96. The third kappa shape index (κ3) is 2.85. The fraction of sp³-hybridized carbons (Fsp3) is 0.500. The van der Waals surface area contributed by atoms with Crippen LogP contribution in [0.1, 0.15) is 59.2 Å². The number of imide groups is 1. The second kappa shape index (κ2) is 6.86. The molecule has 1 aliphatic carbocycles. The summed E-state index contributed by atoms with van der Waals surface area (Å²) in [6.07, 6.45) is 2.66. The number of carbonyl (C=O) groups excluding carboxylic acids is 3. The summed E-state index contributed by atoms with van der Waals surface area (Å²) in [4.78, 5) is 50.1. The van der Waals surface area contributed by atoms with E-state index in [2.05, 4.69) is 0 Å². The fourth-order valence-corrected chi connectivity index (χ4v) is 3.94. The molecule has 0 aromatic heterocycles. The number of ether oxygens (including phenoxy) is 1. The molecule has 0 N–H and O–H groups in total. The van der Waals surface area contributed by atoms with Crippen LogP contribution in [0.5, 0.6) is 0 Å². The average Bonchev–Trinajstić information content (AvgIpc) is 2.91. The van der Waals surface area contributed by atoms with Crippen molar-refractivity contribution in [2.24, 2.45) is 0 Å². The third-order valence-electron chi connectivity index (χ3n) is 5.36. The van der Waals surface area contributed by atoms with E-state index < -0.39 is 29.4 Å². The molecule has 8 nitrogen and oxygen atoms in total. The first kappa shape index (κ1) is 18.0. The summed E-state index contributed by atoms with van der Waals surface area (Å²) < 4.78 is 4.78. The molecule has 138 valence electrons. The van der Waals surface area contributed by atoms with E-state index >= 15 is 0 Å². The van der Waals surface area contributed by atoms with Gasteiger partial charge in [0, 0.05) is 24.2 Å². The Morgan fingerprint density at radius 3 is 2.19 bits per heavy atom. The molecule has 0 unspecified atom stereocenters. The lowest BCUT2D eigenvalue weighted by atomic mass is 9.77. The number of hydrogen-bond acceptors (Lipinski definition) is 6. The van der Waals surface area contributed by atoms with Crippen molar-refractivity contribution in [3.63, 3.8) is 0 Å². The number of hydrogen-bond donors (Lipinski definition) is 0. The highest BCUT2D eigenvalue weighted by Gasteiger charge is 2.52. The standard InChI is InChI=1S/C18H20N2O6/c1-26-17(23)14(11-18(20(24)25)9-5-2-6-10-18)19-15(21)12-7-3-4-8-13(12)16(19)22/h3-4,7-8,14H,2,5-6,9-11H2,1H3/t14-/m0/s1. The summed E-state index contributed by atoms with van der Waals surface area (Å²) in [6.45, 7) is 0. The predicted molar refractivity (Wildman–Crippen MR) is 90.2 cm³/mol. The van der Waals surface area contributed by atoms with E-state index in [1.807, 2.05) is 0 Å². The second-order valence-electron chi connectivity index (χ2n) is 6.81. The zero-order chi connectivity index (χ0) is 18.9. The van der Waals surface area contributed by atoms with Crippen LogP contribution in [-0.2, 0) is 9.53 Å². The van der Waals surface area contributed by atoms with E-state index in [0.29, 0.717) is 25.7 Å². The molecule has 8 heteroatoms. The molecular weight excluding hydrogens is 340 g/mol. The molecule has 0 saturated heterocycles. The zero-order valence-corrected chi connectivity index (χ0v) is 14.5. The largest absolute Gasteiger partial charge is 0.467 e. The van der Waals surface area contributed by atoms with Crippen molar-refractivity contribution in [3.8, 4) is 0 Å². The fourth-order valence-electron chi connectivity index (χ4n) is 3.94. The number of esters is 1. The minimum absolute atomic E-state index is 0.199. The number of fused-ring (bicyclic) bond motifs is 1. The summed E-state index contributed by atoms with van der Waals surface area (Å²) in [7, 11) is 1.15. The molecule has 2 aliphatic rings. The number of nitrogens with zero attached hydrogens (tertiary/aromatic N) is 2. The van der Waals surface area contributed by atoms with Crippen LogP contribution in [0.25, 0.3) is 0 Å². The number of carbonyl (C=O) groups is 3. The minimum Gasteiger partial charge on any atom is -0.467 e. The Hall–Kier alpha value is -2.77. The van der Waals surface area contributed by atoms with Crippen molar-refractivity contribution in [1.29, 1.82) is 0 Å². The van der Waals surface area contributed by atoms with Crippen molar-refractivity contribution in [1.82, 2.24) is 4.90 Å². The minimum atomic E-state index is -1.33. The Labute approximate surface area is 150 Å². The van der Waals surface area contributed by atoms with Crippen molar-refractivity contribution < 1.29 is 24.0 Å². The molecule has 0 bridgehead atoms. The van der Waals surface area contributed by atoms with E-state index in [-0.39, 0.29) is 22.5 Å². The van der Waals surface area contributed by atoms with E-state index in [1.54, 1.807) is 12.1 Å². The highest BCUT2D eigenvalue weighted by atomic mass is 16.6. The summed E-state index contributed by atoms with van der Waals surface area (Å²) in [5.74, 6) is -2.04. The molecule has 0 radical (unpaired) electrons. The van der Waals surface area contributed by atoms with Gasteiger partial charge in [-0.1, -0.05) is 18.6 Å². The molecule has 26 heavy (non-hydrogen) atoms. The van der Waals surface area contributed by atoms with Crippen LogP contribution in [0.15, 0.2) is 24.3 Å². The second-order valence-corrected chi connectivity index (χ2v) is 6.81. The van der Waals surface area contributed by atoms with E-state index in [4.69, 9.17) is 4.74 Å². The molecule has 3 rings (SSSR count). The zero-order valence-electron chi connectivity index (χ0n) is 14.5. The molecule has 2 amide bonds. The van der Waals surface area contributed by atoms with Crippen molar-refractivity contribution in [3.05, 3.63) is 45.5 Å². The molecule has 1 heterocycles. The molecule has 1 atom stereocenters. The monoisotopic (exact) mass is 360 g/mol. The molecular formula is C18H20N2O6. The van der Waals surface area contributed by atoms with Gasteiger partial charge in [0.1, 0.15) is 6.04 Å². The third-order valence-corrected chi connectivity index (χ3v) is 5.36. The van der Waals surface area contributed by atoms with Gasteiger partial charge >= 0.3 is 5.97 Å². The van der Waals surface area contributed by atoms with Gasteiger partial charge in [-0.25, -0.2) is 4.79 Å². The van der Waals surface area contributed by atoms with Gasteiger partial charge in [0.05, 0.1) is 18.2 Å². The summed E-state index contributed by atoms with van der Waals surface area (Å²) >= 11 is 0. The molecule has 1 saturated carbocycles. The van der Waals surface area contributed by atoms with E-state index in [1.165, 1.54) is 12.1 Å². The van der Waals surface area contributed by atoms with E-state index in [9.17, 15) is 24.5 Å². The summed E-state index contributed by atoms with van der Waals surface area (Å²) in [5, 5.41) is 11.8. The van der Waals surface area contributed by atoms with Crippen molar-refractivity contribution in [2.45, 2.75) is 50.1 Å². The first-order chi connectivity index (χ1) is 12.4. The van der Waals surface area contributed by atoms with Gasteiger partial charge in [0.25, 0.3) is 11.8 Å². The Kier molecular flexibility index (Phi) is 4.76. The van der Waals surface area contributed by atoms with Crippen LogP contribution >= 0.6 is 0 Å². The number of methoxy groups -OCH3 is 1. The van der Waals surface area contributed by atoms with Gasteiger partial charge in [-0.3, -0.25) is 24.6 Å². The van der Waals surface area contributed by atoms with E-state index in [0.717, 1.165) is 18.4 Å². The quantitative estimate of drug-likeness (QED) is 0.345. The lowest BCUT2D eigenvalue weighted by molar-refractivity contribution is -0.576. The lowest BCUT2D eigenvalue weighted by Crippen LogP contribution is -2.52. The van der Waals surface area contributed by atoms with Gasteiger partial charge in [-0.2, -0.15) is 0 Å². The first-order valence-electron chi connectivity index (χ1n) is 8.60. The summed E-state index contributed by atoms with van der Waals surface area (Å²) in [5.41, 5.74) is -0.928. The molecule has 1 fully saturated rings.